The topological polar surface area (TPSA) is 80.2 Å². The molecule has 0 saturated carbocycles. The van der Waals surface area contributed by atoms with Gasteiger partial charge in [-0.3, -0.25) is 5.10 Å². The van der Waals surface area contributed by atoms with E-state index in [4.69, 9.17) is 0 Å². The first-order valence-electron chi connectivity index (χ1n) is 6.05. The molecule has 3 rings (SSSR count). The summed E-state index contributed by atoms with van der Waals surface area (Å²) in [6, 6.07) is 7.97. The largest absolute Gasteiger partial charge is 0.354 e. The van der Waals surface area contributed by atoms with Gasteiger partial charge in [0.2, 0.25) is 5.16 Å². The van der Waals surface area contributed by atoms with Gasteiger partial charge in [0, 0.05) is 5.56 Å². The molecule has 1 aromatic carbocycles. The molecular formula is C13H12N4O2S. The Hall–Kier alpha value is -2.15. The molecule has 0 amide bonds. The predicted molar refractivity (Wildman–Crippen MR) is 75.4 cm³/mol. The van der Waals surface area contributed by atoms with Crippen LogP contribution in [0.3, 0.4) is 0 Å². The van der Waals surface area contributed by atoms with Crippen molar-refractivity contribution in [2.45, 2.75) is 24.3 Å². The molecule has 102 valence electrons. The summed E-state index contributed by atoms with van der Waals surface area (Å²) >= 11 is 1.23. The van der Waals surface area contributed by atoms with Crippen LogP contribution in [0.2, 0.25) is 0 Å². The Morgan fingerprint density at radius 2 is 2.00 bits per heavy atom. The van der Waals surface area contributed by atoms with Crippen LogP contribution in [-0.4, -0.2) is 32.1 Å². The van der Waals surface area contributed by atoms with Crippen LogP contribution < -0.4 is 0 Å². The summed E-state index contributed by atoms with van der Waals surface area (Å²) in [7, 11) is 0. The van der Waals surface area contributed by atoms with E-state index in [2.05, 4.69) is 25.2 Å². The third-order valence-corrected chi connectivity index (χ3v) is 4.05. The van der Waals surface area contributed by atoms with Crippen molar-refractivity contribution in [2.75, 3.05) is 0 Å². The van der Waals surface area contributed by atoms with Gasteiger partial charge >= 0.3 is 5.97 Å². The molecule has 1 aromatic heterocycles. The molecule has 7 heteroatoms. The highest BCUT2D eigenvalue weighted by Crippen LogP contribution is 2.27. The molecule has 0 bridgehead atoms. The van der Waals surface area contributed by atoms with Gasteiger partial charge < -0.3 is 4.84 Å². The first-order chi connectivity index (χ1) is 9.63. The maximum Gasteiger partial charge on any atom is 0.354 e. The Kier molecular flexibility index (Phi) is 3.27. The average Bonchev–Trinajstić information content (AvgIpc) is 3.02. The number of H-pyrrole nitrogens is 1. The van der Waals surface area contributed by atoms with Gasteiger partial charge in [0.25, 0.3) is 0 Å². The van der Waals surface area contributed by atoms with Gasteiger partial charge in [-0.25, -0.2) is 9.78 Å². The van der Waals surface area contributed by atoms with E-state index in [0.29, 0.717) is 16.7 Å². The van der Waals surface area contributed by atoms with Crippen molar-refractivity contribution in [3.8, 4) is 11.4 Å². The molecule has 0 aliphatic carbocycles. The third kappa shape index (κ3) is 2.44. The number of rotatable bonds is 3. The number of hydrogen-bond donors (Lipinski definition) is 1. The Morgan fingerprint density at radius 3 is 2.65 bits per heavy atom. The van der Waals surface area contributed by atoms with Crippen LogP contribution in [0.4, 0.5) is 0 Å². The van der Waals surface area contributed by atoms with Crippen LogP contribution in [0.25, 0.3) is 11.4 Å². The fraction of sp³-hybridized carbons (Fsp3) is 0.231. The second-order valence-corrected chi connectivity index (χ2v) is 5.55. The third-order valence-electron chi connectivity index (χ3n) is 2.89. The SMILES string of the molecule is CC1=NOC(=O)C1Sc1n[nH]c(-c2ccc(C)cc2)n1. The quantitative estimate of drug-likeness (QED) is 0.875. The van der Waals surface area contributed by atoms with Crippen molar-refractivity contribution < 1.29 is 9.63 Å². The smallest absolute Gasteiger partial charge is 0.317 e. The lowest BCUT2D eigenvalue weighted by molar-refractivity contribution is -0.139. The predicted octanol–water partition coefficient (Wildman–Crippen LogP) is 2.17. The molecule has 0 radical (unpaired) electrons. The normalized spacial score (nSPS) is 18.0. The number of aromatic amines is 1. The zero-order valence-electron chi connectivity index (χ0n) is 11.0. The first-order valence-corrected chi connectivity index (χ1v) is 6.93. The van der Waals surface area contributed by atoms with Gasteiger partial charge in [-0.2, -0.15) is 0 Å². The summed E-state index contributed by atoms with van der Waals surface area (Å²) in [5, 5.41) is 10.7. The Labute approximate surface area is 119 Å². The van der Waals surface area contributed by atoms with E-state index in [1.54, 1.807) is 6.92 Å². The molecule has 1 unspecified atom stereocenters. The number of thioether (sulfide) groups is 1. The lowest BCUT2D eigenvalue weighted by Crippen LogP contribution is -2.18. The lowest BCUT2D eigenvalue weighted by atomic mass is 10.1. The summed E-state index contributed by atoms with van der Waals surface area (Å²) in [5.41, 5.74) is 2.76. The summed E-state index contributed by atoms with van der Waals surface area (Å²) in [5.74, 6) is 0.294. The molecule has 1 atom stereocenters. The van der Waals surface area contributed by atoms with Crippen LogP contribution in [-0.2, 0) is 9.63 Å². The minimum atomic E-state index is -0.461. The molecule has 1 N–H and O–H groups in total. The maximum atomic E-state index is 11.5. The fourth-order valence-corrected chi connectivity index (χ4v) is 2.57. The summed E-state index contributed by atoms with van der Waals surface area (Å²) in [4.78, 5) is 20.5. The van der Waals surface area contributed by atoms with Crippen molar-refractivity contribution in [2.24, 2.45) is 5.16 Å². The van der Waals surface area contributed by atoms with E-state index in [9.17, 15) is 4.79 Å². The lowest BCUT2D eigenvalue weighted by Gasteiger charge is -2.00. The zero-order valence-corrected chi connectivity index (χ0v) is 11.8. The van der Waals surface area contributed by atoms with Crippen molar-refractivity contribution in [3.05, 3.63) is 29.8 Å². The first kappa shape index (κ1) is 12.9. The van der Waals surface area contributed by atoms with Gasteiger partial charge in [-0.05, 0) is 13.8 Å². The molecule has 0 spiro atoms. The van der Waals surface area contributed by atoms with Crippen molar-refractivity contribution in [3.63, 3.8) is 0 Å². The minimum Gasteiger partial charge on any atom is -0.317 e. The maximum absolute atomic E-state index is 11.5. The number of benzene rings is 1. The molecule has 1 aliphatic rings. The molecule has 20 heavy (non-hydrogen) atoms. The second-order valence-electron chi connectivity index (χ2n) is 4.47. The van der Waals surface area contributed by atoms with E-state index in [0.717, 1.165) is 5.56 Å². The number of aromatic nitrogens is 3. The Bertz CT molecular complexity index is 678. The van der Waals surface area contributed by atoms with Crippen LogP contribution in [0.15, 0.2) is 34.6 Å². The number of oxime groups is 1. The van der Waals surface area contributed by atoms with E-state index in [1.165, 1.54) is 17.3 Å². The molecule has 6 nitrogen and oxygen atoms in total. The number of hydrogen-bond acceptors (Lipinski definition) is 6. The molecule has 0 fully saturated rings. The molecule has 2 aromatic rings. The van der Waals surface area contributed by atoms with Crippen LogP contribution in [0, 0.1) is 6.92 Å². The number of nitrogens with zero attached hydrogens (tertiary/aromatic N) is 3. The van der Waals surface area contributed by atoms with Crippen molar-refractivity contribution in [1.29, 1.82) is 0 Å². The van der Waals surface area contributed by atoms with Crippen LogP contribution in [0.5, 0.6) is 0 Å². The average molecular weight is 288 g/mol. The number of nitrogens with one attached hydrogen (secondary N) is 1. The van der Waals surface area contributed by atoms with E-state index >= 15 is 0 Å². The van der Waals surface area contributed by atoms with Crippen LogP contribution in [0.1, 0.15) is 12.5 Å². The number of aryl methyl sites for hydroxylation is 1. The van der Waals surface area contributed by atoms with E-state index < -0.39 is 5.25 Å². The number of carbonyl (C=O) groups is 1. The van der Waals surface area contributed by atoms with Gasteiger partial charge in [0.15, 0.2) is 11.1 Å². The van der Waals surface area contributed by atoms with Gasteiger partial charge in [0.05, 0.1) is 5.71 Å². The van der Waals surface area contributed by atoms with E-state index in [-0.39, 0.29) is 5.97 Å². The number of carbonyl (C=O) groups excluding carboxylic acids is 1. The Morgan fingerprint density at radius 1 is 1.25 bits per heavy atom. The Balaban J connectivity index is 1.79. The highest BCUT2D eigenvalue weighted by Gasteiger charge is 2.32. The highest BCUT2D eigenvalue weighted by atomic mass is 32.2. The van der Waals surface area contributed by atoms with Crippen molar-refractivity contribution in [1.82, 2.24) is 15.2 Å². The van der Waals surface area contributed by atoms with Gasteiger partial charge in [0.1, 0.15) is 0 Å². The fourth-order valence-electron chi connectivity index (χ4n) is 1.76. The molecular weight excluding hydrogens is 276 g/mol. The standard InChI is InChI=1S/C13H12N4O2S/c1-7-3-5-9(6-4-7)11-14-13(16-15-11)20-10-8(2)17-19-12(10)18/h3-6,10H,1-2H3,(H,14,15,16). The van der Waals surface area contributed by atoms with Gasteiger partial charge in [-0.1, -0.05) is 46.7 Å². The van der Waals surface area contributed by atoms with Crippen molar-refractivity contribution >= 4 is 23.4 Å². The summed E-state index contributed by atoms with van der Waals surface area (Å²) in [6.45, 7) is 3.77. The van der Waals surface area contributed by atoms with Crippen LogP contribution >= 0.6 is 11.8 Å². The summed E-state index contributed by atoms with van der Waals surface area (Å²) < 4.78 is 0. The molecule has 1 aliphatic heterocycles. The van der Waals surface area contributed by atoms with E-state index in [1.807, 2.05) is 31.2 Å². The van der Waals surface area contributed by atoms with Gasteiger partial charge in [-0.15, -0.1) is 5.10 Å². The monoisotopic (exact) mass is 288 g/mol. The zero-order chi connectivity index (χ0) is 14.1. The summed E-state index contributed by atoms with van der Waals surface area (Å²) in [6.07, 6.45) is 0. The molecule has 2 heterocycles. The molecule has 0 saturated heterocycles. The second kappa shape index (κ2) is 5.09. The minimum absolute atomic E-state index is 0.380. The highest BCUT2D eigenvalue weighted by molar-refractivity contribution is 8.01.